The summed E-state index contributed by atoms with van der Waals surface area (Å²) in [5.74, 6) is -0.104. The number of amides is 1. The molecule has 0 radical (unpaired) electrons. The van der Waals surface area contributed by atoms with E-state index in [0.717, 1.165) is 25.9 Å². The topological polar surface area (TPSA) is 47.6 Å². The van der Waals surface area contributed by atoms with Crippen molar-refractivity contribution in [2.24, 2.45) is 0 Å². The van der Waals surface area contributed by atoms with E-state index in [1.54, 1.807) is 6.92 Å². The minimum absolute atomic E-state index is 0. The van der Waals surface area contributed by atoms with Crippen LogP contribution >= 0.6 is 0 Å². The monoisotopic (exact) mass is 189 g/mol. The second kappa shape index (κ2) is 5.94. The van der Waals surface area contributed by atoms with Gasteiger partial charge in [-0.25, -0.2) is 10.3 Å². The summed E-state index contributed by atoms with van der Waals surface area (Å²) in [7, 11) is 0. The van der Waals surface area contributed by atoms with E-state index in [4.69, 9.17) is 9.57 Å². The van der Waals surface area contributed by atoms with Crippen molar-refractivity contribution >= 4 is 5.91 Å². The number of ether oxygens (including phenoxy) is 1. The molecule has 1 rings (SSSR count). The van der Waals surface area contributed by atoms with Gasteiger partial charge in [-0.2, -0.15) is 0 Å². The molecule has 0 aromatic rings. The van der Waals surface area contributed by atoms with Crippen molar-refractivity contribution in [3.05, 3.63) is 0 Å². The van der Waals surface area contributed by atoms with Crippen LogP contribution in [0.5, 0.6) is 0 Å². The molecule has 1 saturated heterocycles. The molecule has 78 valence electrons. The van der Waals surface area contributed by atoms with Gasteiger partial charge in [-0.05, 0) is 12.8 Å². The molecule has 0 aromatic heterocycles. The predicted molar refractivity (Wildman–Crippen MR) is 49.8 cm³/mol. The molecule has 0 bridgehead atoms. The lowest BCUT2D eigenvalue weighted by atomic mass is 10.2. The van der Waals surface area contributed by atoms with E-state index >= 15 is 0 Å². The number of hydroxylamine groups is 1. The van der Waals surface area contributed by atoms with Gasteiger partial charge < -0.3 is 4.74 Å². The van der Waals surface area contributed by atoms with E-state index in [9.17, 15) is 4.79 Å². The maximum Gasteiger partial charge on any atom is 0.243 e. The van der Waals surface area contributed by atoms with E-state index in [-0.39, 0.29) is 13.6 Å². The number of carbonyl (C=O) groups is 1. The summed E-state index contributed by atoms with van der Waals surface area (Å²) in [5, 5.41) is 0. The fourth-order valence-electron chi connectivity index (χ4n) is 1.18. The Morgan fingerprint density at radius 2 is 2.46 bits per heavy atom. The first-order valence-electron chi connectivity index (χ1n) is 4.89. The van der Waals surface area contributed by atoms with Crippen LogP contribution in [0.2, 0.25) is 0 Å². The molecule has 0 spiro atoms. The van der Waals surface area contributed by atoms with Crippen LogP contribution in [0.25, 0.3) is 0 Å². The second-order valence-corrected chi connectivity index (χ2v) is 3.15. The molecule has 13 heavy (non-hydrogen) atoms. The van der Waals surface area contributed by atoms with E-state index < -0.39 is 0 Å². The molecule has 0 aromatic carbocycles. The summed E-state index contributed by atoms with van der Waals surface area (Å²) in [6.07, 6.45) is 4.42. The Balaban J connectivity index is 0.00000169. The molecular formula is C9H19NO3. The Hall–Kier alpha value is -0.610. The van der Waals surface area contributed by atoms with Crippen molar-refractivity contribution in [2.75, 3.05) is 6.61 Å². The largest absolute Gasteiger partial charge is 0.350 e. The molecule has 1 atom stereocenters. The van der Waals surface area contributed by atoms with Gasteiger partial charge in [-0.3, -0.25) is 4.79 Å². The quantitative estimate of drug-likeness (QED) is 0.686. The molecule has 0 saturated carbocycles. The molecule has 4 nitrogen and oxygen atoms in total. The van der Waals surface area contributed by atoms with Crippen molar-refractivity contribution in [2.45, 2.75) is 45.3 Å². The highest BCUT2D eigenvalue weighted by Crippen LogP contribution is 2.12. The number of carbonyl (C=O) groups excluding carboxylic acids is 1. The summed E-state index contributed by atoms with van der Waals surface area (Å²) < 4.78 is 5.36. The predicted octanol–water partition coefficient (Wildman–Crippen LogP) is 1.61. The highest BCUT2D eigenvalue weighted by atomic mass is 16.8. The number of rotatable bonds is 3. The zero-order chi connectivity index (χ0) is 9.52. The zero-order valence-corrected chi connectivity index (χ0v) is 8.04. The van der Waals surface area contributed by atoms with Crippen LogP contribution in [0.3, 0.4) is 0 Å². The summed E-state index contributed by atoms with van der Waals surface area (Å²) in [6, 6.07) is 0. The smallest absolute Gasteiger partial charge is 0.243 e. The third-order valence-corrected chi connectivity index (χ3v) is 2.01. The van der Waals surface area contributed by atoms with Gasteiger partial charge in [0.2, 0.25) is 5.91 Å². The van der Waals surface area contributed by atoms with Crippen LogP contribution in [0.15, 0.2) is 0 Å². The van der Waals surface area contributed by atoms with E-state index in [0.29, 0.717) is 6.42 Å². The Morgan fingerprint density at radius 3 is 3.23 bits per heavy atom. The van der Waals surface area contributed by atoms with Gasteiger partial charge in [0, 0.05) is 20.9 Å². The van der Waals surface area contributed by atoms with Crippen molar-refractivity contribution in [3.8, 4) is 0 Å². The molecule has 1 aliphatic heterocycles. The van der Waals surface area contributed by atoms with E-state index in [1.165, 1.54) is 6.42 Å². The van der Waals surface area contributed by atoms with E-state index in [2.05, 4.69) is 5.48 Å². The van der Waals surface area contributed by atoms with Crippen LogP contribution < -0.4 is 5.48 Å². The second-order valence-electron chi connectivity index (χ2n) is 3.15. The third kappa shape index (κ3) is 4.24. The lowest BCUT2D eigenvalue weighted by Crippen LogP contribution is -2.30. The minimum Gasteiger partial charge on any atom is -0.350 e. The number of hydrogen-bond donors (Lipinski definition) is 1. The Bertz CT molecular complexity index is 158. The molecule has 1 heterocycles. The maximum atomic E-state index is 10.8. The third-order valence-electron chi connectivity index (χ3n) is 2.01. The average Bonchev–Trinajstić information content (AvgIpc) is 2.42. The van der Waals surface area contributed by atoms with Gasteiger partial charge in [0.1, 0.15) is 0 Å². The normalized spacial score (nSPS) is 23.6. The molecule has 4 heteroatoms. The average molecular weight is 189 g/mol. The first-order chi connectivity index (χ1) is 6.33. The summed E-state index contributed by atoms with van der Waals surface area (Å²) in [4.78, 5) is 15.9. The number of nitrogens with one attached hydrogen (secondary N) is 1. The highest BCUT2D eigenvalue weighted by Gasteiger charge is 2.13. The molecular weight excluding hydrogens is 170 g/mol. The lowest BCUT2D eigenvalue weighted by molar-refractivity contribution is -0.186. The molecule has 1 unspecified atom stereocenters. The van der Waals surface area contributed by atoms with Crippen LogP contribution in [0, 0.1) is 0 Å². The van der Waals surface area contributed by atoms with Crippen molar-refractivity contribution < 1.29 is 15.8 Å². The molecule has 1 fully saturated rings. The molecule has 1 aliphatic rings. The maximum absolute atomic E-state index is 10.8. The van der Waals surface area contributed by atoms with Crippen LogP contribution in [-0.2, 0) is 14.4 Å². The fraction of sp³-hybridized carbons (Fsp3) is 0.889. The Kier molecular flexibility index (Phi) is 4.78. The molecule has 1 N–H and O–H groups in total. The van der Waals surface area contributed by atoms with Gasteiger partial charge >= 0.3 is 0 Å². The van der Waals surface area contributed by atoms with Crippen LogP contribution in [0.1, 0.15) is 40.5 Å². The van der Waals surface area contributed by atoms with Crippen molar-refractivity contribution in [1.82, 2.24) is 5.48 Å². The van der Waals surface area contributed by atoms with Crippen LogP contribution in [-0.4, -0.2) is 18.8 Å². The Morgan fingerprint density at radius 1 is 1.62 bits per heavy atom. The van der Waals surface area contributed by atoms with Crippen molar-refractivity contribution in [3.63, 3.8) is 0 Å². The lowest BCUT2D eigenvalue weighted by Gasteiger charge is -2.14. The summed E-state index contributed by atoms with van der Waals surface area (Å²) in [6.45, 7) is 2.51. The summed E-state index contributed by atoms with van der Waals surface area (Å²) >= 11 is 0. The van der Waals surface area contributed by atoms with E-state index in [1.807, 2.05) is 0 Å². The van der Waals surface area contributed by atoms with Crippen LogP contribution in [0.4, 0.5) is 0 Å². The summed E-state index contributed by atoms with van der Waals surface area (Å²) in [5.41, 5.74) is 2.37. The minimum atomic E-state index is -0.252. The number of hydrogen-bond acceptors (Lipinski definition) is 3. The highest BCUT2D eigenvalue weighted by molar-refractivity contribution is 5.74. The SMILES string of the molecule is CCC(=O)NOC1CCCCCO1.[HH]. The standard InChI is InChI=1S/C9H17NO3.H2/c1-2-8(11)10-13-9-6-4-3-5-7-12-9;/h9H,2-7H2,1H3,(H,10,11);1H. The van der Waals surface area contributed by atoms with Gasteiger partial charge in [-0.15, -0.1) is 0 Å². The molecule has 1 amide bonds. The zero-order valence-electron chi connectivity index (χ0n) is 8.04. The van der Waals surface area contributed by atoms with Gasteiger partial charge in [-0.1, -0.05) is 13.3 Å². The van der Waals surface area contributed by atoms with Gasteiger partial charge in [0.25, 0.3) is 0 Å². The first kappa shape index (κ1) is 10.5. The van der Waals surface area contributed by atoms with Gasteiger partial charge in [0.15, 0.2) is 6.29 Å². The Labute approximate surface area is 80.0 Å². The fourth-order valence-corrected chi connectivity index (χ4v) is 1.18. The van der Waals surface area contributed by atoms with Crippen molar-refractivity contribution in [1.29, 1.82) is 0 Å². The first-order valence-corrected chi connectivity index (χ1v) is 4.89. The van der Waals surface area contributed by atoms with Gasteiger partial charge in [0.05, 0.1) is 0 Å². The molecule has 0 aliphatic carbocycles.